The van der Waals surface area contributed by atoms with Gasteiger partial charge in [0.2, 0.25) is 0 Å². The Labute approximate surface area is 138 Å². The van der Waals surface area contributed by atoms with Crippen LogP contribution in [0.15, 0.2) is 34.3 Å². The third-order valence-corrected chi connectivity index (χ3v) is 4.65. The first-order valence-corrected chi connectivity index (χ1v) is 8.94. The van der Waals surface area contributed by atoms with Crippen LogP contribution in [-0.4, -0.2) is 12.1 Å². The topological polar surface area (TPSA) is 12.0 Å². The highest BCUT2D eigenvalue weighted by molar-refractivity contribution is 9.10. The van der Waals surface area contributed by atoms with Crippen LogP contribution < -0.4 is 5.32 Å². The van der Waals surface area contributed by atoms with Crippen LogP contribution in [0.25, 0.3) is 6.08 Å². The molecular weight excluding hydrogens is 322 g/mol. The summed E-state index contributed by atoms with van der Waals surface area (Å²) >= 11 is 3.57. The largest absolute Gasteiger partial charge is 0.308 e. The second-order valence-electron chi connectivity index (χ2n) is 7.21. The van der Waals surface area contributed by atoms with E-state index >= 15 is 0 Å². The van der Waals surface area contributed by atoms with Gasteiger partial charge in [-0.05, 0) is 57.2 Å². The molecular formula is C19H28BrN. The van der Waals surface area contributed by atoms with E-state index in [1.54, 1.807) is 5.57 Å². The highest BCUT2D eigenvalue weighted by Gasteiger charge is 2.19. The van der Waals surface area contributed by atoms with Crippen LogP contribution in [0.1, 0.15) is 58.4 Å². The Morgan fingerprint density at radius 1 is 1.24 bits per heavy atom. The molecule has 2 rings (SSSR count). The van der Waals surface area contributed by atoms with Crippen molar-refractivity contribution in [3.05, 3.63) is 39.9 Å². The minimum Gasteiger partial charge on any atom is -0.308 e. The highest BCUT2D eigenvalue weighted by Crippen LogP contribution is 2.31. The molecule has 1 N–H and O–H groups in total. The van der Waals surface area contributed by atoms with Gasteiger partial charge < -0.3 is 5.32 Å². The lowest BCUT2D eigenvalue weighted by molar-refractivity contribution is 0.378. The van der Waals surface area contributed by atoms with E-state index in [-0.39, 0.29) is 5.54 Å². The van der Waals surface area contributed by atoms with Crippen molar-refractivity contribution in [2.75, 3.05) is 6.54 Å². The first-order valence-electron chi connectivity index (χ1n) is 8.15. The van der Waals surface area contributed by atoms with Crippen molar-refractivity contribution >= 4 is 22.0 Å². The number of nitrogens with one attached hydrogen (secondary N) is 1. The summed E-state index contributed by atoms with van der Waals surface area (Å²) in [5, 5.41) is 3.67. The SMILES string of the molecule is CC(C)(C)NC/C(=C/c1cccc(Br)c1)C1CCCCC1. The average Bonchev–Trinajstić information content (AvgIpc) is 2.43. The molecule has 0 amide bonds. The predicted octanol–water partition coefficient (Wildman–Crippen LogP) is 5.80. The normalized spacial score (nSPS) is 18.0. The summed E-state index contributed by atoms with van der Waals surface area (Å²) in [6.07, 6.45) is 9.29. The van der Waals surface area contributed by atoms with Gasteiger partial charge in [-0.25, -0.2) is 0 Å². The van der Waals surface area contributed by atoms with Crippen molar-refractivity contribution in [2.24, 2.45) is 5.92 Å². The first kappa shape index (κ1) is 16.8. The molecule has 0 spiro atoms. The van der Waals surface area contributed by atoms with Crippen molar-refractivity contribution in [1.29, 1.82) is 0 Å². The second-order valence-corrected chi connectivity index (χ2v) is 8.13. The molecule has 2 heteroatoms. The fourth-order valence-corrected chi connectivity index (χ4v) is 3.38. The van der Waals surface area contributed by atoms with Gasteiger partial charge in [0, 0.05) is 16.6 Å². The van der Waals surface area contributed by atoms with Crippen LogP contribution in [0.4, 0.5) is 0 Å². The molecule has 1 nitrogen and oxygen atoms in total. The summed E-state index contributed by atoms with van der Waals surface area (Å²) in [5.74, 6) is 0.757. The van der Waals surface area contributed by atoms with Gasteiger partial charge in [0.15, 0.2) is 0 Å². The molecule has 0 radical (unpaired) electrons. The Hall–Kier alpha value is -0.600. The van der Waals surface area contributed by atoms with E-state index < -0.39 is 0 Å². The van der Waals surface area contributed by atoms with Crippen LogP contribution in [0.3, 0.4) is 0 Å². The second kappa shape index (κ2) is 7.60. The summed E-state index contributed by atoms with van der Waals surface area (Å²) in [7, 11) is 0. The molecule has 1 aliphatic carbocycles. The lowest BCUT2D eigenvalue weighted by Gasteiger charge is -2.28. The third-order valence-electron chi connectivity index (χ3n) is 4.15. The van der Waals surface area contributed by atoms with E-state index in [2.05, 4.69) is 72.4 Å². The molecule has 0 aromatic heterocycles. The minimum atomic E-state index is 0.172. The molecule has 0 saturated heterocycles. The number of hydrogen-bond donors (Lipinski definition) is 1. The van der Waals surface area contributed by atoms with Crippen molar-refractivity contribution in [1.82, 2.24) is 5.32 Å². The molecule has 0 atom stereocenters. The highest BCUT2D eigenvalue weighted by atomic mass is 79.9. The molecule has 1 aliphatic rings. The van der Waals surface area contributed by atoms with Gasteiger partial charge in [-0.3, -0.25) is 0 Å². The maximum Gasteiger partial charge on any atom is 0.0181 e. The smallest absolute Gasteiger partial charge is 0.0181 e. The molecule has 0 heterocycles. The quantitative estimate of drug-likeness (QED) is 0.723. The maximum absolute atomic E-state index is 3.67. The van der Waals surface area contributed by atoms with Crippen molar-refractivity contribution in [3.63, 3.8) is 0 Å². The van der Waals surface area contributed by atoms with Crippen LogP contribution in [0.2, 0.25) is 0 Å². The Balaban J connectivity index is 2.17. The number of rotatable bonds is 4. The van der Waals surface area contributed by atoms with Gasteiger partial charge in [0.05, 0.1) is 0 Å². The molecule has 0 unspecified atom stereocenters. The summed E-state index contributed by atoms with van der Waals surface area (Å²) in [6.45, 7) is 7.72. The maximum atomic E-state index is 3.67. The monoisotopic (exact) mass is 349 g/mol. The molecule has 1 saturated carbocycles. The molecule has 116 valence electrons. The van der Waals surface area contributed by atoms with E-state index in [1.165, 1.54) is 37.7 Å². The Bertz CT molecular complexity index is 479. The zero-order chi connectivity index (χ0) is 15.3. The van der Waals surface area contributed by atoms with Crippen LogP contribution in [0, 0.1) is 5.92 Å². The van der Waals surface area contributed by atoms with E-state index in [0.29, 0.717) is 0 Å². The molecule has 0 bridgehead atoms. The molecule has 1 aromatic carbocycles. The van der Waals surface area contributed by atoms with Crippen molar-refractivity contribution in [2.45, 2.75) is 58.4 Å². The predicted molar refractivity (Wildman–Crippen MR) is 96.4 cm³/mol. The summed E-state index contributed by atoms with van der Waals surface area (Å²) in [4.78, 5) is 0. The van der Waals surface area contributed by atoms with E-state index in [4.69, 9.17) is 0 Å². The van der Waals surface area contributed by atoms with E-state index in [9.17, 15) is 0 Å². The van der Waals surface area contributed by atoms with Gasteiger partial charge in [0.25, 0.3) is 0 Å². The molecule has 0 aliphatic heterocycles. The lowest BCUT2D eigenvalue weighted by Crippen LogP contribution is -2.38. The lowest BCUT2D eigenvalue weighted by atomic mass is 9.82. The van der Waals surface area contributed by atoms with Gasteiger partial charge in [0.1, 0.15) is 0 Å². The molecule has 1 fully saturated rings. The fourth-order valence-electron chi connectivity index (χ4n) is 2.96. The van der Waals surface area contributed by atoms with Crippen molar-refractivity contribution in [3.8, 4) is 0 Å². The van der Waals surface area contributed by atoms with Gasteiger partial charge in [-0.2, -0.15) is 0 Å². The summed E-state index contributed by atoms with van der Waals surface area (Å²) in [6, 6.07) is 8.61. The van der Waals surface area contributed by atoms with Crippen molar-refractivity contribution < 1.29 is 0 Å². The van der Waals surface area contributed by atoms with E-state index in [0.717, 1.165) is 16.9 Å². The number of hydrogen-bond acceptors (Lipinski definition) is 1. The van der Waals surface area contributed by atoms with Crippen LogP contribution in [-0.2, 0) is 0 Å². The number of halogens is 1. The van der Waals surface area contributed by atoms with Crippen LogP contribution >= 0.6 is 15.9 Å². The van der Waals surface area contributed by atoms with E-state index in [1.807, 2.05) is 0 Å². The average molecular weight is 350 g/mol. The standard InChI is InChI=1S/C19H28BrN/c1-19(2,3)21-14-17(16-9-5-4-6-10-16)12-15-8-7-11-18(20)13-15/h7-8,11-13,16,21H,4-6,9-10,14H2,1-3H3/b17-12-. The number of benzene rings is 1. The molecule has 1 aromatic rings. The zero-order valence-electron chi connectivity index (χ0n) is 13.6. The minimum absolute atomic E-state index is 0.172. The summed E-state index contributed by atoms with van der Waals surface area (Å²) in [5.41, 5.74) is 3.05. The molecule has 21 heavy (non-hydrogen) atoms. The fraction of sp³-hybridized carbons (Fsp3) is 0.579. The Morgan fingerprint density at radius 3 is 2.57 bits per heavy atom. The van der Waals surface area contributed by atoms with Crippen LogP contribution in [0.5, 0.6) is 0 Å². The summed E-state index contributed by atoms with van der Waals surface area (Å²) < 4.78 is 1.16. The van der Waals surface area contributed by atoms with Gasteiger partial charge in [-0.15, -0.1) is 0 Å². The van der Waals surface area contributed by atoms with Gasteiger partial charge >= 0.3 is 0 Å². The first-order chi connectivity index (χ1) is 9.94. The van der Waals surface area contributed by atoms with Gasteiger partial charge in [-0.1, -0.05) is 59.0 Å². The zero-order valence-corrected chi connectivity index (χ0v) is 15.2. The Kier molecular flexibility index (Phi) is 6.07. The Morgan fingerprint density at radius 2 is 1.95 bits per heavy atom. The third kappa shape index (κ3) is 5.96.